The van der Waals surface area contributed by atoms with E-state index in [0.29, 0.717) is 5.57 Å². The van der Waals surface area contributed by atoms with Gasteiger partial charge in [-0.3, -0.25) is 13.8 Å². The zero-order chi connectivity index (χ0) is 25.0. The molecule has 0 unspecified atom stereocenters. The number of nitrogens with one attached hydrogen (secondary N) is 2. The Balaban J connectivity index is 1.99. The fourth-order valence-corrected chi connectivity index (χ4v) is 3.92. The Morgan fingerprint density at radius 1 is 1.09 bits per heavy atom. The summed E-state index contributed by atoms with van der Waals surface area (Å²) in [5.74, 6) is -1.26. The van der Waals surface area contributed by atoms with Gasteiger partial charge in [-0.05, 0) is 30.5 Å². The molecule has 0 aliphatic heterocycles. The zero-order valence-electron chi connectivity index (χ0n) is 19.2. The van der Waals surface area contributed by atoms with Gasteiger partial charge < -0.3 is 16.4 Å². The van der Waals surface area contributed by atoms with Crippen LogP contribution in [0.5, 0.6) is 0 Å². The first kappa shape index (κ1) is 26.8. The Morgan fingerprint density at radius 3 is 2.32 bits per heavy atom. The number of carbonyl (C=O) groups is 2. The highest BCUT2D eigenvalue weighted by atomic mass is 32.2. The molecule has 0 aromatic heterocycles. The van der Waals surface area contributed by atoms with Crippen LogP contribution in [0, 0.1) is 0 Å². The molecule has 0 radical (unpaired) electrons. The van der Waals surface area contributed by atoms with Crippen LogP contribution in [0.2, 0.25) is 0 Å². The lowest BCUT2D eigenvalue weighted by Gasteiger charge is -2.19. The molecule has 2 aromatic rings. The van der Waals surface area contributed by atoms with E-state index in [4.69, 9.17) is 9.92 Å². The van der Waals surface area contributed by atoms with Crippen LogP contribution in [-0.4, -0.2) is 45.2 Å². The minimum absolute atomic E-state index is 0.0298. The van der Waals surface area contributed by atoms with Crippen molar-refractivity contribution in [3.05, 3.63) is 89.6 Å². The molecule has 8 nitrogen and oxygen atoms in total. The van der Waals surface area contributed by atoms with Crippen molar-refractivity contribution < 1.29 is 22.2 Å². The predicted molar refractivity (Wildman–Crippen MR) is 133 cm³/mol. The molecule has 0 aliphatic carbocycles. The highest BCUT2D eigenvalue weighted by Gasteiger charge is 2.22. The molecule has 0 saturated carbocycles. The molecule has 0 fully saturated rings. The quantitative estimate of drug-likeness (QED) is 0.173. The fourth-order valence-electron chi connectivity index (χ4n) is 2.93. The van der Waals surface area contributed by atoms with Gasteiger partial charge in [-0.2, -0.15) is 8.42 Å². The summed E-state index contributed by atoms with van der Waals surface area (Å²) in [6.07, 6.45) is 1.94. The van der Waals surface area contributed by atoms with E-state index in [1.165, 1.54) is 6.08 Å². The molecule has 2 amide bonds. The van der Waals surface area contributed by atoms with Gasteiger partial charge in [0.25, 0.3) is 16.0 Å². The largest absolute Gasteiger partial charge is 0.394 e. The van der Waals surface area contributed by atoms with Crippen molar-refractivity contribution >= 4 is 28.0 Å². The number of hydrogen-bond acceptors (Lipinski definition) is 6. The fraction of sp³-hybridized carbons (Fsp3) is 0.280. The van der Waals surface area contributed by atoms with E-state index in [1.807, 2.05) is 60.7 Å². The molecule has 4 N–H and O–H groups in total. The molecule has 2 aromatic carbocycles. The molecule has 9 heteroatoms. The van der Waals surface area contributed by atoms with Gasteiger partial charge in [-0.15, -0.1) is 0 Å². The predicted octanol–water partition coefficient (Wildman–Crippen LogP) is 2.14. The maximum absolute atomic E-state index is 12.8. The van der Waals surface area contributed by atoms with E-state index >= 15 is 0 Å². The van der Waals surface area contributed by atoms with Gasteiger partial charge >= 0.3 is 0 Å². The maximum atomic E-state index is 12.8. The van der Waals surface area contributed by atoms with Crippen molar-refractivity contribution in [2.45, 2.75) is 25.8 Å². The SMILES string of the molecule is C=C(C)COS(=O)(=O)CCCNC(=O)[C@H](Cc1ccccc1)NC(=O)/C(N)=C/c1ccccc1. The Hall–Kier alpha value is -3.43. The molecule has 182 valence electrons. The molecule has 0 bridgehead atoms. The van der Waals surface area contributed by atoms with Crippen LogP contribution in [-0.2, 0) is 30.3 Å². The van der Waals surface area contributed by atoms with Gasteiger partial charge in [0.2, 0.25) is 5.91 Å². The summed E-state index contributed by atoms with van der Waals surface area (Å²) in [6.45, 7) is 5.29. The minimum atomic E-state index is -3.71. The van der Waals surface area contributed by atoms with Crippen molar-refractivity contribution in [1.29, 1.82) is 0 Å². The van der Waals surface area contributed by atoms with Crippen LogP contribution in [0.25, 0.3) is 6.08 Å². The van der Waals surface area contributed by atoms with Gasteiger partial charge in [0, 0.05) is 13.0 Å². The van der Waals surface area contributed by atoms with Gasteiger partial charge in [-0.25, -0.2) is 0 Å². The molecular formula is C25H31N3O5S. The number of rotatable bonds is 13. The lowest BCUT2D eigenvalue weighted by Crippen LogP contribution is -2.49. The van der Waals surface area contributed by atoms with Crippen LogP contribution < -0.4 is 16.4 Å². The lowest BCUT2D eigenvalue weighted by atomic mass is 10.0. The van der Waals surface area contributed by atoms with Gasteiger partial charge in [0.05, 0.1) is 18.1 Å². The van der Waals surface area contributed by atoms with Crippen molar-refractivity contribution in [3.8, 4) is 0 Å². The first-order chi connectivity index (χ1) is 16.2. The molecule has 2 rings (SSSR count). The summed E-state index contributed by atoms with van der Waals surface area (Å²) in [5.41, 5.74) is 8.12. The zero-order valence-corrected chi connectivity index (χ0v) is 20.0. The van der Waals surface area contributed by atoms with E-state index < -0.39 is 28.0 Å². The highest BCUT2D eigenvalue weighted by molar-refractivity contribution is 7.86. The topological polar surface area (TPSA) is 128 Å². The Morgan fingerprint density at radius 2 is 1.71 bits per heavy atom. The summed E-state index contributed by atoms with van der Waals surface area (Å²) >= 11 is 0. The number of carbonyl (C=O) groups excluding carboxylic acids is 2. The highest BCUT2D eigenvalue weighted by Crippen LogP contribution is 2.07. The maximum Gasteiger partial charge on any atom is 0.267 e. The van der Waals surface area contributed by atoms with E-state index in [1.54, 1.807) is 6.92 Å². The number of nitrogens with two attached hydrogens (primary N) is 1. The summed E-state index contributed by atoms with van der Waals surface area (Å²) in [7, 11) is -3.71. The van der Waals surface area contributed by atoms with Gasteiger partial charge in [-0.1, -0.05) is 72.8 Å². The molecule has 34 heavy (non-hydrogen) atoms. The lowest BCUT2D eigenvalue weighted by molar-refractivity contribution is -0.127. The van der Waals surface area contributed by atoms with Crippen LogP contribution in [0.3, 0.4) is 0 Å². The Bertz CT molecular complexity index is 1100. The van der Waals surface area contributed by atoms with E-state index in [-0.39, 0.29) is 37.4 Å². The van der Waals surface area contributed by atoms with Crippen molar-refractivity contribution in [2.75, 3.05) is 18.9 Å². The van der Waals surface area contributed by atoms with Crippen LogP contribution in [0.15, 0.2) is 78.5 Å². The van der Waals surface area contributed by atoms with Crippen molar-refractivity contribution in [2.24, 2.45) is 5.73 Å². The molecule has 1 atom stereocenters. The summed E-state index contributed by atoms with van der Waals surface area (Å²) in [4.78, 5) is 25.5. The van der Waals surface area contributed by atoms with Gasteiger partial charge in [0.15, 0.2) is 0 Å². The third-order valence-electron chi connectivity index (χ3n) is 4.64. The smallest absolute Gasteiger partial charge is 0.267 e. The average molecular weight is 486 g/mol. The third kappa shape index (κ3) is 10.0. The summed E-state index contributed by atoms with van der Waals surface area (Å²) in [6, 6.07) is 17.5. The molecule has 0 aliphatic rings. The second-order valence-corrected chi connectivity index (χ2v) is 9.61. The number of benzene rings is 2. The first-order valence-electron chi connectivity index (χ1n) is 10.8. The second kappa shape index (κ2) is 13.3. The number of amides is 2. The minimum Gasteiger partial charge on any atom is -0.394 e. The van der Waals surface area contributed by atoms with E-state index in [0.717, 1.165) is 11.1 Å². The van der Waals surface area contributed by atoms with E-state index in [9.17, 15) is 18.0 Å². The monoisotopic (exact) mass is 485 g/mol. The van der Waals surface area contributed by atoms with Crippen LogP contribution >= 0.6 is 0 Å². The third-order valence-corrected chi connectivity index (χ3v) is 5.91. The molecular weight excluding hydrogens is 454 g/mol. The van der Waals surface area contributed by atoms with Crippen molar-refractivity contribution in [3.63, 3.8) is 0 Å². The number of hydrogen-bond donors (Lipinski definition) is 3. The second-order valence-electron chi connectivity index (χ2n) is 7.85. The van der Waals surface area contributed by atoms with Crippen LogP contribution in [0.1, 0.15) is 24.5 Å². The molecule has 0 saturated heterocycles. The normalized spacial score (nSPS) is 12.6. The Labute approximate surface area is 201 Å². The summed E-state index contributed by atoms with van der Waals surface area (Å²) < 4.78 is 28.6. The Kier molecular flexibility index (Phi) is 10.5. The molecule has 0 spiro atoms. The summed E-state index contributed by atoms with van der Waals surface area (Å²) in [5, 5.41) is 5.36. The van der Waals surface area contributed by atoms with Crippen molar-refractivity contribution in [1.82, 2.24) is 10.6 Å². The molecule has 0 heterocycles. The van der Waals surface area contributed by atoms with Crippen LogP contribution in [0.4, 0.5) is 0 Å². The standard InChI is InChI=1S/C25H31N3O5S/c1-19(2)18-33-34(31,32)15-9-14-27-25(30)23(17-21-12-7-4-8-13-21)28-24(29)22(26)16-20-10-5-3-6-11-20/h3-8,10-13,16,23H,1,9,14-15,17-18,26H2,2H3,(H,27,30)(H,28,29)/b22-16-/t23-/m0/s1. The first-order valence-corrected chi connectivity index (χ1v) is 12.4. The van der Waals surface area contributed by atoms with E-state index in [2.05, 4.69) is 17.2 Å². The van der Waals surface area contributed by atoms with Gasteiger partial charge in [0.1, 0.15) is 6.04 Å². The average Bonchev–Trinajstić information content (AvgIpc) is 2.81.